The number of halogens is 4. The van der Waals surface area contributed by atoms with Crippen LogP contribution in [0.15, 0.2) is 36.5 Å². The number of benzene rings is 1. The van der Waals surface area contributed by atoms with Crippen molar-refractivity contribution in [3.8, 4) is 5.82 Å². The number of aromatic nitrogens is 7. The molecule has 0 spiro atoms. The number of carbonyl (C=O) groups excluding carboxylic acids is 2. The van der Waals surface area contributed by atoms with Gasteiger partial charge in [0.15, 0.2) is 11.5 Å². The molecular formula is C23H18ClF3N10O2. The van der Waals surface area contributed by atoms with Crippen LogP contribution in [0.25, 0.3) is 10.7 Å². The van der Waals surface area contributed by atoms with E-state index in [1.807, 2.05) is 0 Å². The highest BCUT2D eigenvalue weighted by atomic mass is 35.5. The van der Waals surface area contributed by atoms with Crippen LogP contribution >= 0.6 is 11.6 Å². The highest BCUT2D eigenvalue weighted by molar-refractivity contribution is 6.32. The number of hydrogen-bond donors (Lipinski definition) is 2. The predicted molar refractivity (Wildman–Crippen MR) is 132 cm³/mol. The quantitative estimate of drug-likeness (QED) is 0.329. The van der Waals surface area contributed by atoms with Crippen LogP contribution in [0, 0.1) is 13.5 Å². The van der Waals surface area contributed by atoms with Gasteiger partial charge in [-0.25, -0.2) is 14.5 Å². The van der Waals surface area contributed by atoms with Crippen molar-refractivity contribution < 1.29 is 22.8 Å². The highest BCUT2D eigenvalue weighted by Gasteiger charge is 2.37. The average Bonchev–Trinajstić information content (AvgIpc) is 3.53. The molecule has 12 nitrogen and oxygen atoms in total. The minimum Gasteiger partial charge on any atom is -0.352 e. The first-order chi connectivity index (χ1) is 18.5. The zero-order chi connectivity index (χ0) is 28.3. The Morgan fingerprint density at radius 3 is 2.59 bits per heavy atom. The third-order valence-corrected chi connectivity index (χ3v) is 5.51. The number of pyridine rings is 1. The Hall–Kier alpha value is -4.84. The van der Waals surface area contributed by atoms with Crippen molar-refractivity contribution in [1.29, 1.82) is 0 Å². The Labute approximate surface area is 223 Å². The van der Waals surface area contributed by atoms with E-state index in [1.165, 1.54) is 30.5 Å². The Kier molecular flexibility index (Phi) is 7.58. The molecule has 16 heteroatoms. The SMILES string of the molecule is [C-]#[N+]c1cc(C)c(NC(=O)c2cc(Cn3nnc(C(F)(F)F)n3)nn2-c2ncccc2Cl)c(C(=O)NCC)c1. The van der Waals surface area contributed by atoms with Crippen LogP contribution in [0.4, 0.5) is 24.5 Å². The molecule has 0 aliphatic carbocycles. The van der Waals surface area contributed by atoms with E-state index in [2.05, 4.69) is 41.0 Å². The summed E-state index contributed by atoms with van der Waals surface area (Å²) in [4.78, 5) is 34.4. The summed E-state index contributed by atoms with van der Waals surface area (Å²) in [5.74, 6) is -2.59. The fourth-order valence-electron chi connectivity index (χ4n) is 3.54. The van der Waals surface area contributed by atoms with Crippen LogP contribution in [-0.4, -0.2) is 53.3 Å². The molecule has 200 valence electrons. The number of amides is 2. The lowest BCUT2D eigenvalue weighted by atomic mass is 10.1. The molecule has 0 bridgehead atoms. The lowest BCUT2D eigenvalue weighted by Crippen LogP contribution is -2.26. The van der Waals surface area contributed by atoms with E-state index < -0.39 is 23.8 Å². The number of tetrazole rings is 1. The first-order valence-corrected chi connectivity index (χ1v) is 11.6. The van der Waals surface area contributed by atoms with E-state index in [0.717, 1.165) is 4.68 Å². The van der Waals surface area contributed by atoms with Crippen LogP contribution in [0.2, 0.25) is 5.02 Å². The maximum atomic E-state index is 13.5. The number of carbonyl (C=O) groups is 2. The van der Waals surface area contributed by atoms with E-state index in [9.17, 15) is 22.8 Å². The van der Waals surface area contributed by atoms with Crippen LogP contribution < -0.4 is 10.6 Å². The summed E-state index contributed by atoms with van der Waals surface area (Å²) in [6.45, 7) is 10.6. The van der Waals surface area contributed by atoms with Crippen molar-refractivity contribution in [2.75, 3.05) is 11.9 Å². The lowest BCUT2D eigenvalue weighted by molar-refractivity contribution is -0.145. The molecule has 0 saturated carbocycles. The maximum Gasteiger partial charge on any atom is 0.455 e. The molecule has 4 aromatic rings. The number of nitrogens with one attached hydrogen (secondary N) is 2. The van der Waals surface area contributed by atoms with Crippen LogP contribution in [0.3, 0.4) is 0 Å². The van der Waals surface area contributed by atoms with Crippen molar-refractivity contribution in [2.45, 2.75) is 26.6 Å². The largest absolute Gasteiger partial charge is 0.455 e. The minimum absolute atomic E-state index is 0.0714. The van der Waals surface area contributed by atoms with Gasteiger partial charge < -0.3 is 10.6 Å². The summed E-state index contributed by atoms with van der Waals surface area (Å²) in [6.07, 6.45) is -3.37. The van der Waals surface area contributed by atoms with Crippen LogP contribution in [0.5, 0.6) is 0 Å². The molecule has 1 aromatic carbocycles. The van der Waals surface area contributed by atoms with Crippen molar-refractivity contribution >= 4 is 34.8 Å². The molecule has 0 atom stereocenters. The first kappa shape index (κ1) is 27.2. The summed E-state index contributed by atoms with van der Waals surface area (Å²) >= 11 is 6.28. The van der Waals surface area contributed by atoms with Crippen molar-refractivity contribution in [3.05, 3.63) is 81.3 Å². The molecular weight excluding hydrogens is 541 g/mol. The predicted octanol–water partition coefficient (Wildman–Crippen LogP) is 3.84. The summed E-state index contributed by atoms with van der Waals surface area (Å²) in [5.41, 5.74) is 0.885. The second-order valence-electron chi connectivity index (χ2n) is 7.99. The van der Waals surface area contributed by atoms with Gasteiger partial charge in [-0.3, -0.25) is 9.59 Å². The average molecular weight is 559 g/mol. The fourth-order valence-corrected chi connectivity index (χ4v) is 3.75. The van der Waals surface area contributed by atoms with Crippen LogP contribution in [0.1, 0.15) is 44.9 Å². The standard InChI is InChI=1S/C23H18ClF3N10O2/c1-4-29-20(38)15-9-13(28-3)8-12(2)18(15)31-21(39)17-10-14(11-36-34-22(32-35-36)23(25,26)27)33-37(17)19-16(24)6-5-7-30-19/h5-10H,4,11H2,1-2H3,(H,29,38)(H,31,39). The van der Waals surface area contributed by atoms with Crippen molar-refractivity contribution in [3.63, 3.8) is 0 Å². The summed E-state index contributed by atoms with van der Waals surface area (Å²) in [5, 5.41) is 19.4. The van der Waals surface area contributed by atoms with E-state index in [1.54, 1.807) is 19.9 Å². The zero-order valence-corrected chi connectivity index (χ0v) is 21.0. The van der Waals surface area contributed by atoms with Gasteiger partial charge >= 0.3 is 6.18 Å². The Morgan fingerprint density at radius 1 is 1.18 bits per heavy atom. The first-order valence-electron chi connectivity index (χ1n) is 11.2. The summed E-state index contributed by atoms with van der Waals surface area (Å²) < 4.78 is 39.8. The summed E-state index contributed by atoms with van der Waals surface area (Å²) in [7, 11) is 0. The van der Waals surface area contributed by atoms with Gasteiger partial charge in [-0.15, -0.1) is 10.2 Å². The number of anilines is 1. The Bertz CT molecular complexity index is 1610. The molecule has 0 radical (unpaired) electrons. The normalized spacial score (nSPS) is 11.2. The monoisotopic (exact) mass is 558 g/mol. The van der Waals surface area contributed by atoms with E-state index in [-0.39, 0.29) is 45.7 Å². The Morgan fingerprint density at radius 2 is 1.95 bits per heavy atom. The zero-order valence-electron chi connectivity index (χ0n) is 20.3. The third kappa shape index (κ3) is 5.85. The van der Waals surface area contributed by atoms with Crippen LogP contribution in [-0.2, 0) is 12.7 Å². The molecule has 3 aromatic heterocycles. The Balaban J connectivity index is 1.76. The molecule has 0 unspecified atom stereocenters. The molecule has 2 N–H and O–H groups in total. The van der Waals surface area contributed by atoms with Gasteiger partial charge in [-0.05, 0) is 48.9 Å². The number of rotatable bonds is 7. The second-order valence-corrected chi connectivity index (χ2v) is 8.40. The molecule has 4 rings (SSSR count). The summed E-state index contributed by atoms with van der Waals surface area (Å²) in [6, 6.07) is 7.24. The van der Waals surface area contributed by atoms with E-state index in [4.69, 9.17) is 18.2 Å². The molecule has 39 heavy (non-hydrogen) atoms. The molecule has 0 saturated heterocycles. The van der Waals surface area contributed by atoms with Gasteiger partial charge in [0.2, 0.25) is 0 Å². The van der Waals surface area contributed by atoms with Gasteiger partial charge in [0.1, 0.15) is 12.2 Å². The highest BCUT2D eigenvalue weighted by Crippen LogP contribution is 2.29. The fraction of sp³-hybridized carbons (Fsp3) is 0.217. The lowest BCUT2D eigenvalue weighted by Gasteiger charge is -2.15. The molecule has 0 aliphatic rings. The van der Waals surface area contributed by atoms with E-state index in [0.29, 0.717) is 16.9 Å². The topological polar surface area (TPSA) is 137 Å². The van der Waals surface area contributed by atoms with Gasteiger partial charge in [-0.2, -0.15) is 23.1 Å². The smallest absolute Gasteiger partial charge is 0.352 e. The van der Waals surface area contributed by atoms with Gasteiger partial charge in [0.05, 0.1) is 28.5 Å². The minimum atomic E-state index is -4.79. The molecule has 2 amide bonds. The molecule has 0 fully saturated rings. The number of alkyl halides is 3. The van der Waals surface area contributed by atoms with Gasteiger partial charge in [0.25, 0.3) is 17.6 Å². The van der Waals surface area contributed by atoms with Gasteiger partial charge in [0, 0.05) is 12.7 Å². The third-order valence-electron chi connectivity index (χ3n) is 5.21. The molecule has 3 heterocycles. The van der Waals surface area contributed by atoms with Gasteiger partial charge in [-0.1, -0.05) is 17.7 Å². The number of nitrogens with zero attached hydrogens (tertiary/aromatic N) is 8. The maximum absolute atomic E-state index is 13.5. The second kappa shape index (κ2) is 10.9. The number of hydrogen-bond acceptors (Lipinski definition) is 7. The van der Waals surface area contributed by atoms with Crippen molar-refractivity contribution in [1.82, 2.24) is 40.3 Å². The molecule has 0 aliphatic heterocycles. The van der Waals surface area contributed by atoms with E-state index >= 15 is 0 Å². The number of aryl methyl sites for hydroxylation is 1. The van der Waals surface area contributed by atoms with Crippen molar-refractivity contribution in [2.24, 2.45) is 0 Å².